The average Bonchev–Trinajstić information content (AvgIpc) is 2.87. The van der Waals surface area contributed by atoms with Gasteiger partial charge in [0.25, 0.3) is 10.1 Å². The van der Waals surface area contributed by atoms with Gasteiger partial charge in [-0.2, -0.15) is 8.42 Å². The van der Waals surface area contributed by atoms with Crippen LogP contribution in [0, 0.1) is 0 Å². The summed E-state index contributed by atoms with van der Waals surface area (Å²) in [6.07, 6.45) is 2.15. The fourth-order valence-electron chi connectivity index (χ4n) is 3.49. The van der Waals surface area contributed by atoms with E-state index in [2.05, 4.69) is 36.4 Å². The lowest BCUT2D eigenvalue weighted by Crippen LogP contribution is -2.17. The summed E-state index contributed by atoms with van der Waals surface area (Å²) < 4.78 is 27.9. The van der Waals surface area contributed by atoms with Crippen molar-refractivity contribution in [2.24, 2.45) is 0 Å². The van der Waals surface area contributed by atoms with E-state index in [1.165, 1.54) is 32.7 Å². The van der Waals surface area contributed by atoms with Gasteiger partial charge in [0.1, 0.15) is 0 Å². The smallest absolute Gasteiger partial charge is 0.264 e. The van der Waals surface area contributed by atoms with Gasteiger partial charge in [0, 0.05) is 12.8 Å². The summed E-state index contributed by atoms with van der Waals surface area (Å²) >= 11 is 0. The minimum Gasteiger partial charge on any atom is -0.266 e. The van der Waals surface area contributed by atoms with E-state index in [1.54, 1.807) is 0 Å². The van der Waals surface area contributed by atoms with Crippen molar-refractivity contribution in [3.63, 3.8) is 0 Å². The third-order valence-electron chi connectivity index (χ3n) is 4.32. The first-order chi connectivity index (χ1) is 10.5. The van der Waals surface area contributed by atoms with Crippen LogP contribution in [-0.2, 0) is 27.1 Å². The highest BCUT2D eigenvalue weighted by atomic mass is 32.2. The standard InChI is InChI=1S/C18H16O3S/c1-22(19,20)21-14-10-13-7-9-16-15-5-3-2-4-12(15)6-8-17(16)18(13)11-14/h2-9,14H,10-11H2,1H3. The monoisotopic (exact) mass is 312 g/mol. The molecule has 1 aliphatic carbocycles. The van der Waals surface area contributed by atoms with Crippen LogP contribution in [0.3, 0.4) is 0 Å². The van der Waals surface area contributed by atoms with E-state index in [1.807, 2.05) is 12.1 Å². The molecular formula is C18H16O3S. The van der Waals surface area contributed by atoms with E-state index in [4.69, 9.17) is 4.18 Å². The highest BCUT2D eigenvalue weighted by Gasteiger charge is 2.26. The summed E-state index contributed by atoms with van der Waals surface area (Å²) in [7, 11) is -3.41. The predicted molar refractivity (Wildman–Crippen MR) is 88.6 cm³/mol. The van der Waals surface area contributed by atoms with Crippen molar-refractivity contribution in [1.82, 2.24) is 0 Å². The second-order valence-electron chi connectivity index (χ2n) is 5.92. The van der Waals surface area contributed by atoms with E-state index in [9.17, 15) is 8.42 Å². The van der Waals surface area contributed by atoms with Crippen LogP contribution in [0.2, 0.25) is 0 Å². The van der Waals surface area contributed by atoms with Crippen molar-refractivity contribution in [3.05, 3.63) is 59.7 Å². The third-order valence-corrected chi connectivity index (χ3v) is 4.95. The van der Waals surface area contributed by atoms with Gasteiger partial charge < -0.3 is 0 Å². The molecular weight excluding hydrogens is 296 g/mol. The average molecular weight is 312 g/mol. The summed E-state index contributed by atoms with van der Waals surface area (Å²) in [6.45, 7) is 0. The van der Waals surface area contributed by atoms with Gasteiger partial charge in [-0.25, -0.2) is 0 Å². The maximum absolute atomic E-state index is 11.4. The first-order valence-electron chi connectivity index (χ1n) is 7.32. The Morgan fingerprint density at radius 3 is 2.50 bits per heavy atom. The topological polar surface area (TPSA) is 43.4 Å². The molecule has 22 heavy (non-hydrogen) atoms. The molecule has 0 radical (unpaired) electrons. The minimum absolute atomic E-state index is 0.276. The number of rotatable bonds is 2. The third kappa shape index (κ3) is 2.28. The number of hydrogen-bond acceptors (Lipinski definition) is 3. The summed E-state index contributed by atoms with van der Waals surface area (Å²) in [5.74, 6) is 0. The molecule has 0 N–H and O–H groups in total. The van der Waals surface area contributed by atoms with Gasteiger partial charge in [-0.15, -0.1) is 0 Å². The molecule has 0 aliphatic heterocycles. The van der Waals surface area contributed by atoms with Crippen LogP contribution in [0.1, 0.15) is 11.1 Å². The van der Waals surface area contributed by atoms with Crippen molar-refractivity contribution < 1.29 is 12.6 Å². The van der Waals surface area contributed by atoms with Crippen molar-refractivity contribution in [2.75, 3.05) is 6.26 Å². The zero-order valence-corrected chi connectivity index (χ0v) is 13.1. The first-order valence-corrected chi connectivity index (χ1v) is 9.13. The summed E-state index contributed by atoms with van der Waals surface area (Å²) in [5, 5.41) is 4.87. The van der Waals surface area contributed by atoms with Gasteiger partial charge in [-0.1, -0.05) is 48.5 Å². The Bertz CT molecular complexity index is 990. The zero-order chi connectivity index (χ0) is 15.3. The lowest BCUT2D eigenvalue weighted by Gasteiger charge is -2.09. The molecule has 1 unspecified atom stereocenters. The van der Waals surface area contributed by atoms with Crippen molar-refractivity contribution in [3.8, 4) is 0 Å². The van der Waals surface area contributed by atoms with Crippen LogP contribution >= 0.6 is 0 Å². The highest BCUT2D eigenvalue weighted by Crippen LogP contribution is 2.35. The molecule has 0 bridgehead atoms. The van der Waals surface area contributed by atoms with Crippen LogP contribution < -0.4 is 0 Å². The molecule has 0 aromatic heterocycles. The molecule has 0 spiro atoms. The normalized spacial score (nSPS) is 18.0. The molecule has 112 valence electrons. The fraction of sp³-hybridized carbons (Fsp3) is 0.222. The maximum Gasteiger partial charge on any atom is 0.264 e. The van der Waals surface area contributed by atoms with Crippen LogP contribution in [-0.4, -0.2) is 20.8 Å². The molecule has 4 rings (SSSR count). The van der Waals surface area contributed by atoms with E-state index >= 15 is 0 Å². The molecule has 3 aromatic carbocycles. The quantitative estimate of drug-likeness (QED) is 0.538. The molecule has 0 amide bonds. The van der Waals surface area contributed by atoms with Gasteiger partial charge in [0.2, 0.25) is 0 Å². The molecule has 0 fully saturated rings. The van der Waals surface area contributed by atoms with E-state index in [-0.39, 0.29) is 6.10 Å². The fourth-order valence-corrected chi connectivity index (χ4v) is 4.12. The SMILES string of the molecule is CS(=O)(=O)OC1Cc2ccc3c(ccc4ccccc43)c2C1. The first kappa shape index (κ1) is 13.7. The summed E-state index contributed by atoms with van der Waals surface area (Å²) in [5.41, 5.74) is 2.41. The van der Waals surface area contributed by atoms with Crippen molar-refractivity contribution in [1.29, 1.82) is 0 Å². The van der Waals surface area contributed by atoms with Gasteiger partial charge in [-0.3, -0.25) is 4.18 Å². The summed E-state index contributed by atoms with van der Waals surface area (Å²) in [6, 6.07) is 16.8. The number of hydrogen-bond donors (Lipinski definition) is 0. The van der Waals surface area contributed by atoms with Crippen LogP contribution in [0.5, 0.6) is 0 Å². The Morgan fingerprint density at radius 2 is 1.68 bits per heavy atom. The highest BCUT2D eigenvalue weighted by molar-refractivity contribution is 7.86. The van der Waals surface area contributed by atoms with Gasteiger partial charge in [0.15, 0.2) is 0 Å². The Labute approximate surface area is 129 Å². The van der Waals surface area contributed by atoms with Crippen molar-refractivity contribution in [2.45, 2.75) is 18.9 Å². The van der Waals surface area contributed by atoms with Crippen LogP contribution in [0.25, 0.3) is 21.5 Å². The molecule has 0 saturated carbocycles. The van der Waals surface area contributed by atoms with E-state index in [0.717, 1.165) is 6.26 Å². The Hall–Kier alpha value is -1.91. The van der Waals surface area contributed by atoms with Gasteiger partial charge >= 0.3 is 0 Å². The van der Waals surface area contributed by atoms with E-state index in [0.29, 0.717) is 12.8 Å². The molecule has 1 aliphatic rings. The second kappa shape index (κ2) is 4.80. The molecule has 3 aromatic rings. The molecule has 4 heteroatoms. The summed E-state index contributed by atoms with van der Waals surface area (Å²) in [4.78, 5) is 0. The Morgan fingerprint density at radius 1 is 0.909 bits per heavy atom. The zero-order valence-electron chi connectivity index (χ0n) is 12.2. The second-order valence-corrected chi connectivity index (χ2v) is 7.52. The molecule has 3 nitrogen and oxygen atoms in total. The predicted octanol–water partition coefficient (Wildman–Crippen LogP) is 3.44. The minimum atomic E-state index is -3.41. The molecule has 1 atom stereocenters. The maximum atomic E-state index is 11.4. The van der Waals surface area contributed by atoms with E-state index < -0.39 is 10.1 Å². The Kier molecular flexibility index (Phi) is 2.99. The lowest BCUT2D eigenvalue weighted by molar-refractivity contribution is 0.224. The molecule has 0 saturated heterocycles. The largest absolute Gasteiger partial charge is 0.266 e. The number of benzene rings is 3. The van der Waals surface area contributed by atoms with Gasteiger partial charge in [0.05, 0.1) is 12.4 Å². The van der Waals surface area contributed by atoms with Crippen molar-refractivity contribution >= 4 is 31.7 Å². The Balaban J connectivity index is 1.86. The molecule has 0 heterocycles. The lowest BCUT2D eigenvalue weighted by atomic mass is 9.96. The van der Waals surface area contributed by atoms with Crippen LogP contribution in [0.4, 0.5) is 0 Å². The number of fused-ring (bicyclic) bond motifs is 5. The van der Waals surface area contributed by atoms with Crippen LogP contribution in [0.15, 0.2) is 48.5 Å². The van der Waals surface area contributed by atoms with Gasteiger partial charge in [-0.05, 0) is 32.7 Å².